The van der Waals surface area contributed by atoms with E-state index in [9.17, 15) is 0 Å². The Morgan fingerprint density at radius 2 is 1.92 bits per heavy atom. The summed E-state index contributed by atoms with van der Waals surface area (Å²) in [4.78, 5) is 4.31. The van der Waals surface area contributed by atoms with Gasteiger partial charge in [-0.1, -0.05) is 41.9 Å². The van der Waals surface area contributed by atoms with E-state index < -0.39 is 0 Å². The van der Waals surface area contributed by atoms with Gasteiger partial charge in [0, 0.05) is 16.3 Å². The van der Waals surface area contributed by atoms with E-state index in [1.54, 1.807) is 13.4 Å². The Labute approximate surface area is 144 Å². The lowest BCUT2D eigenvalue weighted by molar-refractivity contribution is 0.404. The SMILES string of the molecule is COc1ccccc1[C@H]1C=C(c2ccc(Cl)cc2)Nc2ncnn21. The Hall–Kier alpha value is -2.79. The summed E-state index contributed by atoms with van der Waals surface area (Å²) in [5, 5.41) is 8.38. The van der Waals surface area contributed by atoms with Gasteiger partial charge in [0.15, 0.2) is 0 Å². The molecular formula is C18H15ClN4O. The van der Waals surface area contributed by atoms with Crippen molar-refractivity contribution < 1.29 is 4.74 Å². The predicted octanol–water partition coefficient (Wildman–Crippen LogP) is 4.00. The highest BCUT2D eigenvalue weighted by Crippen LogP contribution is 2.35. The maximum atomic E-state index is 6.00. The zero-order valence-corrected chi connectivity index (χ0v) is 13.7. The van der Waals surface area contributed by atoms with Crippen LogP contribution in [0.5, 0.6) is 5.75 Å². The van der Waals surface area contributed by atoms with Crippen LogP contribution in [0.1, 0.15) is 17.2 Å². The minimum atomic E-state index is -0.106. The zero-order valence-electron chi connectivity index (χ0n) is 13.0. The van der Waals surface area contributed by atoms with Crippen molar-refractivity contribution in [3.63, 3.8) is 0 Å². The first-order chi connectivity index (χ1) is 11.8. The molecule has 0 aliphatic carbocycles. The van der Waals surface area contributed by atoms with Gasteiger partial charge in [-0.05, 0) is 29.8 Å². The fourth-order valence-corrected chi connectivity index (χ4v) is 2.99. The lowest BCUT2D eigenvalue weighted by Gasteiger charge is -2.25. The van der Waals surface area contributed by atoms with E-state index >= 15 is 0 Å². The number of halogens is 1. The smallest absolute Gasteiger partial charge is 0.226 e. The molecule has 2 heterocycles. The van der Waals surface area contributed by atoms with E-state index in [1.165, 1.54) is 0 Å². The number of nitrogens with one attached hydrogen (secondary N) is 1. The summed E-state index contributed by atoms with van der Waals surface area (Å²) in [7, 11) is 1.67. The summed E-state index contributed by atoms with van der Waals surface area (Å²) in [5.74, 6) is 1.51. The fourth-order valence-electron chi connectivity index (χ4n) is 2.86. The molecule has 0 fully saturated rings. The van der Waals surface area contributed by atoms with Gasteiger partial charge in [0.1, 0.15) is 18.1 Å². The Kier molecular flexibility index (Phi) is 3.70. The van der Waals surface area contributed by atoms with Gasteiger partial charge in [-0.3, -0.25) is 0 Å². The summed E-state index contributed by atoms with van der Waals surface area (Å²) in [5.41, 5.74) is 3.02. The maximum absolute atomic E-state index is 6.00. The van der Waals surface area contributed by atoms with Crippen LogP contribution >= 0.6 is 11.6 Å². The third-order valence-electron chi connectivity index (χ3n) is 4.02. The number of ether oxygens (including phenoxy) is 1. The van der Waals surface area contributed by atoms with E-state index in [4.69, 9.17) is 16.3 Å². The zero-order chi connectivity index (χ0) is 16.5. The van der Waals surface area contributed by atoms with Gasteiger partial charge in [-0.25, -0.2) is 4.68 Å². The molecule has 4 rings (SSSR count). The topological polar surface area (TPSA) is 52.0 Å². The number of hydrogen-bond donors (Lipinski definition) is 1. The van der Waals surface area contributed by atoms with Gasteiger partial charge in [0.05, 0.1) is 7.11 Å². The first kappa shape index (κ1) is 14.8. The van der Waals surface area contributed by atoms with Gasteiger partial charge in [0.2, 0.25) is 5.95 Å². The molecule has 0 radical (unpaired) electrons. The van der Waals surface area contributed by atoms with Gasteiger partial charge < -0.3 is 10.1 Å². The van der Waals surface area contributed by atoms with Gasteiger partial charge >= 0.3 is 0 Å². The summed E-state index contributed by atoms with van der Waals surface area (Å²) < 4.78 is 7.36. The van der Waals surface area contributed by atoms with Crippen LogP contribution in [-0.2, 0) is 0 Å². The normalized spacial score (nSPS) is 16.1. The van der Waals surface area contributed by atoms with Gasteiger partial charge in [-0.15, -0.1) is 0 Å². The number of nitrogens with zero attached hydrogens (tertiary/aromatic N) is 3. The number of rotatable bonds is 3. The third-order valence-corrected chi connectivity index (χ3v) is 4.27. The van der Waals surface area contributed by atoms with Crippen LogP contribution in [0.3, 0.4) is 0 Å². The van der Waals surface area contributed by atoms with Crippen LogP contribution in [0.2, 0.25) is 5.02 Å². The van der Waals surface area contributed by atoms with E-state index in [0.717, 1.165) is 22.6 Å². The monoisotopic (exact) mass is 338 g/mol. The van der Waals surface area contributed by atoms with E-state index in [-0.39, 0.29) is 6.04 Å². The highest BCUT2D eigenvalue weighted by Gasteiger charge is 2.25. The first-order valence-corrected chi connectivity index (χ1v) is 7.91. The average Bonchev–Trinajstić information content (AvgIpc) is 3.10. The van der Waals surface area contributed by atoms with Crippen molar-refractivity contribution in [3.05, 3.63) is 77.1 Å². The van der Waals surface area contributed by atoms with Crippen molar-refractivity contribution in [2.45, 2.75) is 6.04 Å². The summed E-state index contributed by atoms with van der Waals surface area (Å²) >= 11 is 6.00. The van der Waals surface area contributed by atoms with Crippen LogP contribution < -0.4 is 10.1 Å². The number of fused-ring (bicyclic) bond motifs is 1. The van der Waals surface area contributed by atoms with Gasteiger partial charge in [-0.2, -0.15) is 10.1 Å². The van der Waals surface area contributed by atoms with Crippen LogP contribution in [0.4, 0.5) is 5.95 Å². The van der Waals surface area contributed by atoms with E-state index in [2.05, 4.69) is 21.5 Å². The lowest BCUT2D eigenvalue weighted by Crippen LogP contribution is -2.20. The number of benzene rings is 2. The summed E-state index contributed by atoms with van der Waals surface area (Å²) in [6.07, 6.45) is 3.66. The second-order valence-electron chi connectivity index (χ2n) is 5.43. The Morgan fingerprint density at radius 1 is 1.12 bits per heavy atom. The molecule has 0 bridgehead atoms. The molecule has 1 aromatic heterocycles. The molecule has 0 amide bonds. The molecule has 3 aromatic rings. The lowest BCUT2D eigenvalue weighted by atomic mass is 10.0. The van der Waals surface area contributed by atoms with Crippen molar-refractivity contribution in [3.8, 4) is 5.75 Å². The van der Waals surface area contributed by atoms with E-state index in [0.29, 0.717) is 11.0 Å². The van der Waals surface area contributed by atoms with Crippen molar-refractivity contribution in [1.82, 2.24) is 14.8 Å². The highest BCUT2D eigenvalue weighted by molar-refractivity contribution is 6.30. The number of anilines is 1. The van der Waals surface area contributed by atoms with Crippen molar-refractivity contribution in [2.24, 2.45) is 0 Å². The fraction of sp³-hybridized carbons (Fsp3) is 0.111. The Balaban J connectivity index is 1.83. The van der Waals surface area contributed by atoms with Crippen molar-refractivity contribution in [1.29, 1.82) is 0 Å². The minimum absolute atomic E-state index is 0.106. The molecule has 24 heavy (non-hydrogen) atoms. The third kappa shape index (κ3) is 2.53. The van der Waals surface area contributed by atoms with Crippen LogP contribution in [-0.4, -0.2) is 21.9 Å². The Morgan fingerprint density at radius 3 is 2.71 bits per heavy atom. The predicted molar refractivity (Wildman–Crippen MR) is 94.2 cm³/mol. The standard InChI is InChI=1S/C18H15ClN4O/c1-24-17-5-3-2-4-14(17)16-10-15(12-6-8-13(19)9-7-12)22-18-20-11-21-23(16)18/h2-11,16H,1H3,(H,20,21,22)/t16-/m1/s1. The molecule has 0 saturated heterocycles. The molecule has 1 N–H and O–H groups in total. The van der Waals surface area contributed by atoms with Crippen LogP contribution in [0.15, 0.2) is 60.9 Å². The van der Waals surface area contributed by atoms with E-state index in [1.807, 2.05) is 53.2 Å². The van der Waals surface area contributed by atoms with Crippen molar-refractivity contribution >= 4 is 23.2 Å². The number of allylic oxidation sites excluding steroid dienone is 1. The number of aromatic nitrogens is 3. The molecular weight excluding hydrogens is 324 g/mol. The second-order valence-corrected chi connectivity index (χ2v) is 5.86. The number of para-hydroxylation sites is 1. The van der Waals surface area contributed by atoms with Gasteiger partial charge in [0.25, 0.3) is 0 Å². The molecule has 0 unspecified atom stereocenters. The number of methoxy groups -OCH3 is 1. The summed E-state index contributed by atoms with van der Waals surface area (Å²) in [6.45, 7) is 0. The molecule has 1 aliphatic heterocycles. The molecule has 1 atom stereocenters. The highest BCUT2D eigenvalue weighted by atomic mass is 35.5. The quantitative estimate of drug-likeness (QED) is 0.784. The molecule has 6 heteroatoms. The maximum Gasteiger partial charge on any atom is 0.226 e. The largest absolute Gasteiger partial charge is 0.496 e. The average molecular weight is 339 g/mol. The molecule has 120 valence electrons. The van der Waals surface area contributed by atoms with Crippen LogP contribution in [0.25, 0.3) is 5.70 Å². The molecule has 2 aromatic carbocycles. The first-order valence-electron chi connectivity index (χ1n) is 7.53. The summed E-state index contributed by atoms with van der Waals surface area (Å²) in [6, 6.07) is 15.5. The number of hydrogen-bond acceptors (Lipinski definition) is 4. The van der Waals surface area contributed by atoms with Crippen molar-refractivity contribution in [2.75, 3.05) is 12.4 Å². The van der Waals surface area contributed by atoms with Crippen LogP contribution in [0, 0.1) is 0 Å². The molecule has 1 aliphatic rings. The molecule has 0 spiro atoms. The second kappa shape index (κ2) is 6.02. The molecule has 0 saturated carbocycles. The Bertz CT molecular complexity index is 901. The molecule has 5 nitrogen and oxygen atoms in total. The minimum Gasteiger partial charge on any atom is -0.496 e.